The molecule has 0 atom stereocenters. The average molecular weight is 349 g/mol. The number of aromatic nitrogens is 1. The molecular weight excluding hydrogens is 338 g/mol. The summed E-state index contributed by atoms with van der Waals surface area (Å²) in [6.45, 7) is 6.79. The number of hydrogen-bond acceptors (Lipinski definition) is 2. The summed E-state index contributed by atoms with van der Waals surface area (Å²) in [5.41, 5.74) is 0.843. The quantitative estimate of drug-likeness (QED) is 0.577. The molecule has 0 aliphatic carbocycles. The summed E-state index contributed by atoms with van der Waals surface area (Å²) in [6.07, 6.45) is 0. The van der Waals surface area contributed by atoms with Crippen LogP contribution in [-0.2, 0) is 0 Å². The van der Waals surface area contributed by atoms with Crippen molar-refractivity contribution in [2.75, 3.05) is 0 Å². The highest BCUT2D eigenvalue weighted by Gasteiger charge is 2.22. The van der Waals surface area contributed by atoms with E-state index in [1.165, 1.54) is 0 Å². The lowest BCUT2D eigenvalue weighted by molar-refractivity contribution is 0.643. The van der Waals surface area contributed by atoms with Crippen LogP contribution in [0.3, 0.4) is 0 Å². The predicted molar refractivity (Wildman–Crippen MR) is 72.4 cm³/mol. The molecule has 0 unspecified atom stereocenters. The van der Waals surface area contributed by atoms with Gasteiger partial charge in [0, 0.05) is 5.39 Å². The standard InChI is InChI=1S/C10H11Br2NOSi/c1-15(2,3)8-5-6-4-7(11)13-10(12)9(6)14-8/h4-5H,1-3H3. The normalized spacial score (nSPS) is 12.3. The molecule has 2 aromatic rings. The van der Waals surface area contributed by atoms with Crippen LogP contribution in [0.2, 0.25) is 19.6 Å². The van der Waals surface area contributed by atoms with Crippen molar-refractivity contribution in [3.8, 4) is 0 Å². The van der Waals surface area contributed by atoms with E-state index in [0.29, 0.717) is 0 Å². The van der Waals surface area contributed by atoms with Gasteiger partial charge in [-0.15, -0.1) is 0 Å². The molecule has 0 spiro atoms. The van der Waals surface area contributed by atoms with Crippen LogP contribution < -0.4 is 5.38 Å². The average Bonchev–Trinajstić information content (AvgIpc) is 2.46. The second kappa shape index (κ2) is 3.71. The minimum absolute atomic E-state index is 0.761. The second-order valence-electron chi connectivity index (χ2n) is 4.51. The Morgan fingerprint density at radius 1 is 1.20 bits per heavy atom. The third-order valence-corrected chi connectivity index (χ3v) is 4.84. The van der Waals surface area contributed by atoms with E-state index in [9.17, 15) is 0 Å². The lowest BCUT2D eigenvalue weighted by atomic mass is 10.3. The molecule has 2 rings (SSSR count). The minimum atomic E-state index is -1.39. The number of halogens is 2. The van der Waals surface area contributed by atoms with Crippen molar-refractivity contribution in [3.05, 3.63) is 21.3 Å². The molecule has 0 aliphatic heterocycles. The smallest absolute Gasteiger partial charge is 0.166 e. The lowest BCUT2D eigenvalue weighted by Gasteiger charge is -2.10. The van der Waals surface area contributed by atoms with Gasteiger partial charge in [-0.25, -0.2) is 4.98 Å². The Kier molecular flexibility index (Phi) is 2.81. The van der Waals surface area contributed by atoms with Gasteiger partial charge in [0.25, 0.3) is 0 Å². The molecule has 80 valence electrons. The van der Waals surface area contributed by atoms with Gasteiger partial charge < -0.3 is 4.42 Å². The fourth-order valence-electron chi connectivity index (χ4n) is 1.35. The molecular formula is C10H11Br2NOSi. The Labute approximate surface area is 106 Å². The fraction of sp³-hybridized carbons (Fsp3) is 0.300. The molecule has 2 aromatic heterocycles. The van der Waals surface area contributed by atoms with Gasteiger partial charge in [-0.2, -0.15) is 0 Å². The molecule has 0 amide bonds. The van der Waals surface area contributed by atoms with Gasteiger partial charge in [0.15, 0.2) is 10.2 Å². The van der Waals surface area contributed by atoms with E-state index in [1.54, 1.807) is 0 Å². The van der Waals surface area contributed by atoms with Gasteiger partial charge in [0.2, 0.25) is 0 Å². The molecule has 0 bridgehead atoms. The van der Waals surface area contributed by atoms with E-state index in [4.69, 9.17) is 4.42 Å². The third-order valence-electron chi connectivity index (χ3n) is 2.17. The maximum absolute atomic E-state index is 5.85. The van der Waals surface area contributed by atoms with Crippen molar-refractivity contribution in [3.63, 3.8) is 0 Å². The van der Waals surface area contributed by atoms with Gasteiger partial charge in [0.05, 0.1) is 5.38 Å². The zero-order valence-corrected chi connectivity index (χ0v) is 12.9. The van der Waals surface area contributed by atoms with Crippen LogP contribution in [-0.4, -0.2) is 13.1 Å². The molecule has 0 radical (unpaired) electrons. The Balaban J connectivity index is 2.71. The van der Waals surface area contributed by atoms with Gasteiger partial charge in [-0.3, -0.25) is 0 Å². The van der Waals surface area contributed by atoms with Crippen LogP contribution >= 0.6 is 31.9 Å². The zero-order chi connectivity index (χ0) is 11.2. The molecule has 0 aliphatic rings. The summed E-state index contributed by atoms with van der Waals surface area (Å²) in [4.78, 5) is 4.25. The Morgan fingerprint density at radius 2 is 1.87 bits per heavy atom. The first-order valence-corrected chi connectivity index (χ1v) is 9.72. The first-order chi connectivity index (χ1) is 6.88. The van der Waals surface area contributed by atoms with Gasteiger partial charge >= 0.3 is 0 Å². The number of fused-ring (bicyclic) bond motifs is 1. The van der Waals surface area contributed by atoms with Crippen molar-refractivity contribution in [1.29, 1.82) is 0 Å². The monoisotopic (exact) mass is 347 g/mol. The molecule has 2 nitrogen and oxygen atoms in total. The number of rotatable bonds is 1. The maximum Gasteiger partial charge on any atom is 0.166 e. The molecule has 15 heavy (non-hydrogen) atoms. The minimum Gasteiger partial charge on any atom is -0.463 e. The summed E-state index contributed by atoms with van der Waals surface area (Å²) >= 11 is 6.78. The van der Waals surface area contributed by atoms with Gasteiger partial charge in [0.1, 0.15) is 12.7 Å². The summed E-state index contributed by atoms with van der Waals surface area (Å²) < 4.78 is 7.43. The van der Waals surface area contributed by atoms with E-state index >= 15 is 0 Å². The van der Waals surface area contributed by atoms with Crippen molar-refractivity contribution in [1.82, 2.24) is 4.98 Å². The molecule has 5 heteroatoms. The van der Waals surface area contributed by atoms with Crippen LogP contribution in [0.4, 0.5) is 0 Å². The van der Waals surface area contributed by atoms with E-state index in [0.717, 1.165) is 25.6 Å². The lowest BCUT2D eigenvalue weighted by Crippen LogP contribution is -2.36. The van der Waals surface area contributed by atoms with Crippen LogP contribution in [0.15, 0.2) is 25.8 Å². The van der Waals surface area contributed by atoms with Crippen LogP contribution in [0.1, 0.15) is 0 Å². The zero-order valence-electron chi connectivity index (χ0n) is 8.77. The Morgan fingerprint density at radius 3 is 2.47 bits per heavy atom. The van der Waals surface area contributed by atoms with Gasteiger partial charge in [-0.05, 0) is 44.0 Å². The molecule has 0 saturated carbocycles. The first-order valence-electron chi connectivity index (χ1n) is 4.64. The van der Waals surface area contributed by atoms with E-state index < -0.39 is 8.07 Å². The van der Waals surface area contributed by atoms with Crippen molar-refractivity contribution in [2.45, 2.75) is 19.6 Å². The van der Waals surface area contributed by atoms with Crippen molar-refractivity contribution in [2.24, 2.45) is 0 Å². The Hall–Kier alpha value is -0.133. The first kappa shape index (κ1) is 11.4. The van der Waals surface area contributed by atoms with E-state index in [2.05, 4.69) is 62.6 Å². The molecule has 0 N–H and O–H groups in total. The summed E-state index contributed by atoms with van der Waals surface area (Å²) in [6, 6.07) is 4.10. The molecule has 0 aromatic carbocycles. The number of pyridine rings is 1. The van der Waals surface area contributed by atoms with Crippen molar-refractivity contribution < 1.29 is 4.42 Å². The summed E-state index contributed by atoms with van der Waals surface area (Å²) in [7, 11) is -1.39. The van der Waals surface area contributed by atoms with Crippen LogP contribution in [0.5, 0.6) is 0 Å². The highest BCUT2D eigenvalue weighted by Crippen LogP contribution is 2.26. The summed E-state index contributed by atoms with van der Waals surface area (Å²) in [5, 5.41) is 2.21. The number of hydrogen-bond donors (Lipinski definition) is 0. The Bertz CT molecular complexity index is 516. The molecule has 0 saturated heterocycles. The third kappa shape index (κ3) is 2.19. The highest BCUT2D eigenvalue weighted by atomic mass is 79.9. The molecule has 2 heterocycles. The predicted octanol–water partition coefficient (Wildman–Crippen LogP) is 3.90. The van der Waals surface area contributed by atoms with Crippen LogP contribution in [0, 0.1) is 0 Å². The van der Waals surface area contributed by atoms with Gasteiger partial charge in [-0.1, -0.05) is 19.6 Å². The number of furan rings is 1. The van der Waals surface area contributed by atoms with E-state index in [-0.39, 0.29) is 0 Å². The highest BCUT2D eigenvalue weighted by molar-refractivity contribution is 9.11. The van der Waals surface area contributed by atoms with E-state index in [1.807, 2.05) is 6.07 Å². The van der Waals surface area contributed by atoms with Crippen LogP contribution in [0.25, 0.3) is 11.0 Å². The largest absolute Gasteiger partial charge is 0.463 e. The van der Waals surface area contributed by atoms with Crippen molar-refractivity contribution >= 4 is 56.3 Å². The molecule has 0 fully saturated rings. The maximum atomic E-state index is 5.85. The topological polar surface area (TPSA) is 26.0 Å². The fourth-order valence-corrected chi connectivity index (χ4v) is 3.51. The second-order valence-corrected chi connectivity index (χ2v) is 11.1. The summed E-state index contributed by atoms with van der Waals surface area (Å²) in [5.74, 6) is 0. The SMILES string of the molecule is C[Si](C)(C)c1cc2cc(Br)nc(Br)c2o1. The number of nitrogens with zero attached hydrogens (tertiary/aromatic N) is 1.